The predicted molar refractivity (Wildman–Crippen MR) is 61.5 cm³/mol. The molecule has 0 aromatic rings. The number of hydrogen-bond acceptors (Lipinski definition) is 3. The number of carbonyl (C=O) groups excluding carboxylic acids is 1. The molecule has 1 aliphatic rings. The van der Waals surface area contributed by atoms with Gasteiger partial charge in [0, 0.05) is 26.2 Å². The summed E-state index contributed by atoms with van der Waals surface area (Å²) in [5.74, 6) is 0.833. The van der Waals surface area contributed by atoms with Crippen LogP contribution in [0.3, 0.4) is 0 Å². The molecule has 0 bridgehead atoms. The summed E-state index contributed by atoms with van der Waals surface area (Å²) in [5.41, 5.74) is 5.56. The van der Waals surface area contributed by atoms with Crippen molar-refractivity contribution in [1.82, 2.24) is 9.80 Å². The van der Waals surface area contributed by atoms with Crippen LogP contribution in [0.25, 0.3) is 0 Å². The molecule has 1 saturated heterocycles. The molecule has 2 N–H and O–H groups in total. The van der Waals surface area contributed by atoms with Crippen molar-refractivity contribution in [2.24, 2.45) is 11.7 Å². The molecule has 4 heteroatoms. The van der Waals surface area contributed by atoms with Crippen molar-refractivity contribution in [3.63, 3.8) is 0 Å². The van der Waals surface area contributed by atoms with E-state index in [9.17, 15) is 4.79 Å². The number of carbonyl (C=O) groups is 1. The third-order valence-electron chi connectivity index (χ3n) is 2.89. The van der Waals surface area contributed by atoms with Gasteiger partial charge in [0.1, 0.15) is 0 Å². The van der Waals surface area contributed by atoms with Crippen LogP contribution in [0.15, 0.2) is 0 Å². The van der Waals surface area contributed by atoms with Crippen molar-refractivity contribution < 1.29 is 4.79 Å². The highest BCUT2D eigenvalue weighted by molar-refractivity contribution is 5.79. The zero-order valence-corrected chi connectivity index (χ0v) is 10.1. The minimum Gasteiger partial charge on any atom is -0.340 e. The Balaban J connectivity index is 2.54. The van der Waals surface area contributed by atoms with Crippen LogP contribution in [0.1, 0.15) is 20.3 Å². The fourth-order valence-corrected chi connectivity index (χ4v) is 2.12. The van der Waals surface area contributed by atoms with Crippen LogP contribution in [0.2, 0.25) is 0 Å². The Hall–Kier alpha value is -0.610. The van der Waals surface area contributed by atoms with Gasteiger partial charge in [-0.05, 0) is 18.9 Å². The van der Waals surface area contributed by atoms with E-state index in [2.05, 4.69) is 18.7 Å². The lowest BCUT2D eigenvalue weighted by molar-refractivity contribution is -0.138. The lowest BCUT2D eigenvalue weighted by atomic mass is 10.1. The molecular weight excluding hydrogens is 190 g/mol. The molecule has 1 amide bonds. The normalized spacial score (nSPS) is 23.9. The summed E-state index contributed by atoms with van der Waals surface area (Å²) in [6, 6.07) is 0.301. The van der Waals surface area contributed by atoms with Crippen LogP contribution < -0.4 is 5.73 Å². The van der Waals surface area contributed by atoms with Crippen LogP contribution >= 0.6 is 0 Å². The van der Waals surface area contributed by atoms with Crippen LogP contribution in [0, 0.1) is 5.92 Å². The lowest BCUT2D eigenvalue weighted by Crippen LogP contribution is -2.55. The van der Waals surface area contributed by atoms with Gasteiger partial charge >= 0.3 is 0 Å². The van der Waals surface area contributed by atoms with E-state index in [1.54, 1.807) is 0 Å². The fourth-order valence-electron chi connectivity index (χ4n) is 2.12. The number of piperazine rings is 1. The molecule has 1 atom stereocenters. The molecule has 1 unspecified atom stereocenters. The Labute approximate surface area is 92.4 Å². The molecule has 0 radical (unpaired) electrons. The average molecular weight is 213 g/mol. The summed E-state index contributed by atoms with van der Waals surface area (Å²) >= 11 is 0. The number of rotatable bonds is 4. The van der Waals surface area contributed by atoms with Gasteiger partial charge in [0.25, 0.3) is 0 Å². The Morgan fingerprint density at radius 3 is 2.73 bits per heavy atom. The highest BCUT2D eigenvalue weighted by atomic mass is 16.2. The molecule has 1 aliphatic heterocycles. The van der Waals surface area contributed by atoms with E-state index in [1.807, 2.05) is 11.9 Å². The molecule has 1 fully saturated rings. The van der Waals surface area contributed by atoms with E-state index >= 15 is 0 Å². The second-order valence-corrected chi connectivity index (χ2v) is 4.82. The first-order valence-corrected chi connectivity index (χ1v) is 5.72. The van der Waals surface area contributed by atoms with Crippen molar-refractivity contribution >= 4 is 5.91 Å². The third kappa shape index (κ3) is 3.47. The Kier molecular flexibility index (Phi) is 4.54. The molecule has 4 nitrogen and oxygen atoms in total. The first-order chi connectivity index (χ1) is 7.04. The third-order valence-corrected chi connectivity index (χ3v) is 2.89. The summed E-state index contributed by atoms with van der Waals surface area (Å²) in [6.07, 6.45) is 0.900. The Morgan fingerprint density at radius 1 is 1.53 bits per heavy atom. The molecule has 0 aromatic heterocycles. The molecule has 1 heterocycles. The van der Waals surface area contributed by atoms with Gasteiger partial charge < -0.3 is 10.6 Å². The summed E-state index contributed by atoms with van der Waals surface area (Å²) in [5, 5.41) is 0. The van der Waals surface area contributed by atoms with Gasteiger partial charge in [0.15, 0.2) is 0 Å². The molecule has 0 spiro atoms. The highest BCUT2D eigenvalue weighted by Crippen LogP contribution is 2.12. The maximum absolute atomic E-state index is 11.7. The molecule has 88 valence electrons. The van der Waals surface area contributed by atoms with E-state index in [1.165, 1.54) is 0 Å². The van der Waals surface area contributed by atoms with Crippen LogP contribution in [0.5, 0.6) is 0 Å². The minimum atomic E-state index is 0.223. The van der Waals surface area contributed by atoms with Gasteiger partial charge in [-0.15, -0.1) is 0 Å². The second kappa shape index (κ2) is 5.47. The SMILES string of the molecule is CC(C)CN1CC(=O)N(C)C(CCN)C1. The topological polar surface area (TPSA) is 49.6 Å². The van der Waals surface area contributed by atoms with Gasteiger partial charge in [0.05, 0.1) is 6.54 Å². The second-order valence-electron chi connectivity index (χ2n) is 4.82. The molecule has 0 aromatic carbocycles. The Bertz CT molecular complexity index is 218. The monoisotopic (exact) mass is 213 g/mol. The number of hydrogen-bond donors (Lipinski definition) is 1. The van der Waals surface area contributed by atoms with E-state index < -0.39 is 0 Å². The molecule has 15 heavy (non-hydrogen) atoms. The molecule has 1 rings (SSSR count). The first-order valence-electron chi connectivity index (χ1n) is 5.72. The van der Waals surface area contributed by atoms with Crippen molar-refractivity contribution in [2.45, 2.75) is 26.3 Å². The average Bonchev–Trinajstić information content (AvgIpc) is 2.12. The number of nitrogens with zero attached hydrogens (tertiary/aromatic N) is 2. The fraction of sp³-hybridized carbons (Fsp3) is 0.909. The standard InChI is InChI=1S/C11H23N3O/c1-9(2)6-14-7-10(4-5-12)13(3)11(15)8-14/h9-10H,4-8,12H2,1-3H3. The van der Waals surface area contributed by atoms with Gasteiger partial charge in [-0.2, -0.15) is 0 Å². The maximum Gasteiger partial charge on any atom is 0.236 e. The van der Waals surface area contributed by atoms with Crippen molar-refractivity contribution in [2.75, 3.05) is 33.2 Å². The van der Waals surface area contributed by atoms with Gasteiger partial charge in [-0.25, -0.2) is 0 Å². The lowest BCUT2D eigenvalue weighted by Gasteiger charge is -2.39. The highest BCUT2D eigenvalue weighted by Gasteiger charge is 2.29. The maximum atomic E-state index is 11.7. The number of amides is 1. The summed E-state index contributed by atoms with van der Waals surface area (Å²) in [4.78, 5) is 15.8. The van der Waals surface area contributed by atoms with E-state index in [4.69, 9.17) is 5.73 Å². The van der Waals surface area contributed by atoms with Gasteiger partial charge in [-0.3, -0.25) is 9.69 Å². The van der Waals surface area contributed by atoms with Gasteiger partial charge in [0.2, 0.25) is 5.91 Å². The Morgan fingerprint density at radius 2 is 2.20 bits per heavy atom. The van der Waals surface area contributed by atoms with Gasteiger partial charge in [-0.1, -0.05) is 13.8 Å². The van der Waals surface area contributed by atoms with Crippen LogP contribution in [0.4, 0.5) is 0 Å². The first kappa shape index (κ1) is 12.5. The molecular formula is C11H23N3O. The zero-order valence-electron chi connectivity index (χ0n) is 10.1. The van der Waals surface area contributed by atoms with Crippen molar-refractivity contribution in [1.29, 1.82) is 0 Å². The van der Waals surface area contributed by atoms with E-state index in [0.717, 1.165) is 19.5 Å². The van der Waals surface area contributed by atoms with Crippen LogP contribution in [-0.2, 0) is 4.79 Å². The minimum absolute atomic E-state index is 0.223. The van der Waals surface area contributed by atoms with Crippen LogP contribution in [-0.4, -0.2) is 55.0 Å². The summed E-state index contributed by atoms with van der Waals surface area (Å²) in [6.45, 7) is 7.55. The van der Waals surface area contributed by atoms with Crippen molar-refractivity contribution in [3.8, 4) is 0 Å². The molecule has 0 saturated carbocycles. The number of nitrogens with two attached hydrogens (primary N) is 1. The zero-order chi connectivity index (χ0) is 11.4. The molecule has 0 aliphatic carbocycles. The smallest absolute Gasteiger partial charge is 0.236 e. The summed E-state index contributed by atoms with van der Waals surface area (Å²) in [7, 11) is 1.88. The van der Waals surface area contributed by atoms with E-state index in [0.29, 0.717) is 25.0 Å². The van der Waals surface area contributed by atoms with E-state index in [-0.39, 0.29) is 5.91 Å². The van der Waals surface area contributed by atoms with Crippen molar-refractivity contribution in [3.05, 3.63) is 0 Å². The predicted octanol–water partition coefficient (Wildman–Crippen LogP) is 0.134. The quantitative estimate of drug-likeness (QED) is 0.722. The summed E-state index contributed by atoms with van der Waals surface area (Å²) < 4.78 is 0. The number of likely N-dealkylation sites (N-methyl/N-ethyl adjacent to an activating group) is 1. The largest absolute Gasteiger partial charge is 0.340 e.